The molecule has 1 aromatic rings. The van der Waals surface area contributed by atoms with E-state index < -0.39 is 0 Å². The lowest BCUT2D eigenvalue weighted by atomic mass is 10.1. The molecular weight excluding hydrogens is 246 g/mol. The van der Waals surface area contributed by atoms with Crippen molar-refractivity contribution in [1.29, 1.82) is 0 Å². The smallest absolute Gasteiger partial charge is 0.337 e. The molecule has 0 saturated carbocycles. The van der Waals surface area contributed by atoms with Gasteiger partial charge in [0.1, 0.15) is 0 Å². The highest BCUT2D eigenvalue weighted by atomic mass is 16.5. The quantitative estimate of drug-likeness (QED) is 0.515. The van der Waals surface area contributed by atoms with E-state index in [1.165, 1.54) is 7.11 Å². The summed E-state index contributed by atoms with van der Waals surface area (Å²) in [4.78, 5) is 11.2. The van der Waals surface area contributed by atoms with E-state index in [0.717, 1.165) is 25.1 Å². The molecule has 0 amide bonds. The lowest BCUT2D eigenvalue weighted by Crippen LogP contribution is -2.16. The van der Waals surface area contributed by atoms with Gasteiger partial charge in [-0.05, 0) is 30.7 Å². The number of rotatable bonds is 9. The van der Waals surface area contributed by atoms with E-state index in [1.54, 1.807) is 12.1 Å². The Morgan fingerprint density at radius 3 is 2.63 bits per heavy atom. The summed E-state index contributed by atoms with van der Waals surface area (Å²) in [6.07, 6.45) is 0.903. The summed E-state index contributed by atoms with van der Waals surface area (Å²) in [5.41, 5.74) is 1.67. The van der Waals surface area contributed by atoms with Crippen LogP contribution in [0.25, 0.3) is 0 Å². The van der Waals surface area contributed by atoms with Gasteiger partial charge in [-0.2, -0.15) is 0 Å². The average Bonchev–Trinajstić information content (AvgIpc) is 2.46. The van der Waals surface area contributed by atoms with Crippen molar-refractivity contribution in [2.24, 2.45) is 0 Å². The van der Waals surface area contributed by atoms with E-state index >= 15 is 0 Å². The molecule has 0 aliphatic heterocycles. The fourth-order valence-electron chi connectivity index (χ4n) is 1.58. The monoisotopic (exact) mass is 267 g/mol. The predicted molar refractivity (Wildman–Crippen MR) is 72.0 cm³/mol. The highest BCUT2D eigenvalue weighted by Crippen LogP contribution is 2.05. The topological polar surface area (TPSA) is 67.8 Å². The minimum Gasteiger partial charge on any atom is -0.465 e. The van der Waals surface area contributed by atoms with Crippen LogP contribution in [-0.2, 0) is 16.0 Å². The number of ether oxygens (including phenoxy) is 2. The van der Waals surface area contributed by atoms with Gasteiger partial charge >= 0.3 is 5.97 Å². The van der Waals surface area contributed by atoms with Crippen LogP contribution in [0.3, 0.4) is 0 Å². The van der Waals surface area contributed by atoms with E-state index in [1.807, 2.05) is 12.1 Å². The summed E-state index contributed by atoms with van der Waals surface area (Å²) in [6.45, 7) is 2.72. The molecule has 0 radical (unpaired) electrons. The molecule has 5 heteroatoms. The van der Waals surface area contributed by atoms with Gasteiger partial charge in [-0.25, -0.2) is 4.79 Å². The molecular formula is C14H21NO4. The first kappa shape index (κ1) is 15.6. The van der Waals surface area contributed by atoms with Crippen molar-refractivity contribution >= 4 is 5.97 Å². The van der Waals surface area contributed by atoms with Gasteiger partial charge in [-0.3, -0.25) is 0 Å². The number of aliphatic hydroxyl groups excluding tert-OH is 1. The Hall–Kier alpha value is -1.43. The van der Waals surface area contributed by atoms with Crippen LogP contribution in [-0.4, -0.2) is 44.6 Å². The number of carbonyl (C=O) groups excluding carboxylic acids is 1. The third-order valence-corrected chi connectivity index (χ3v) is 2.58. The second-order valence-electron chi connectivity index (χ2n) is 4.05. The Morgan fingerprint density at radius 1 is 1.26 bits per heavy atom. The first-order valence-electron chi connectivity index (χ1n) is 6.34. The zero-order valence-electron chi connectivity index (χ0n) is 11.2. The van der Waals surface area contributed by atoms with Crippen molar-refractivity contribution in [2.75, 3.05) is 33.5 Å². The molecule has 0 unspecified atom stereocenters. The maximum absolute atomic E-state index is 11.2. The SMILES string of the molecule is COC(=O)c1ccc(CNCCCOCCO)cc1. The van der Waals surface area contributed by atoms with Crippen LogP contribution in [0.2, 0.25) is 0 Å². The molecule has 0 aromatic heterocycles. The van der Waals surface area contributed by atoms with Crippen LogP contribution in [0.15, 0.2) is 24.3 Å². The van der Waals surface area contributed by atoms with Crippen molar-refractivity contribution in [3.8, 4) is 0 Å². The second kappa shape index (κ2) is 9.49. The van der Waals surface area contributed by atoms with Crippen LogP contribution in [0, 0.1) is 0 Å². The molecule has 5 nitrogen and oxygen atoms in total. The molecule has 0 fully saturated rings. The first-order chi connectivity index (χ1) is 9.27. The molecule has 1 aromatic carbocycles. The molecule has 1 rings (SSSR count). The van der Waals surface area contributed by atoms with Gasteiger partial charge < -0.3 is 19.9 Å². The van der Waals surface area contributed by atoms with Gasteiger partial charge in [0.25, 0.3) is 0 Å². The third-order valence-electron chi connectivity index (χ3n) is 2.58. The summed E-state index contributed by atoms with van der Waals surface area (Å²) < 4.78 is 9.78. The molecule has 2 N–H and O–H groups in total. The number of esters is 1. The summed E-state index contributed by atoms with van der Waals surface area (Å²) >= 11 is 0. The van der Waals surface area contributed by atoms with Gasteiger partial charge in [-0.15, -0.1) is 0 Å². The highest BCUT2D eigenvalue weighted by molar-refractivity contribution is 5.89. The first-order valence-corrected chi connectivity index (χ1v) is 6.34. The lowest BCUT2D eigenvalue weighted by Gasteiger charge is -2.06. The van der Waals surface area contributed by atoms with Gasteiger partial charge in [0.05, 0.1) is 25.9 Å². The number of carbonyl (C=O) groups is 1. The molecule has 0 aliphatic carbocycles. The van der Waals surface area contributed by atoms with E-state index in [4.69, 9.17) is 9.84 Å². The number of nitrogens with one attached hydrogen (secondary N) is 1. The predicted octanol–water partition coefficient (Wildman–Crippen LogP) is 0.962. The Bertz CT molecular complexity index is 364. The van der Waals surface area contributed by atoms with Gasteiger partial charge in [0.15, 0.2) is 0 Å². The summed E-state index contributed by atoms with van der Waals surface area (Å²) in [5, 5.41) is 11.8. The molecule has 106 valence electrons. The molecule has 19 heavy (non-hydrogen) atoms. The van der Waals surface area contributed by atoms with Crippen LogP contribution in [0.4, 0.5) is 0 Å². The van der Waals surface area contributed by atoms with Crippen LogP contribution in [0.1, 0.15) is 22.3 Å². The van der Waals surface area contributed by atoms with Gasteiger partial charge in [0, 0.05) is 13.2 Å². The highest BCUT2D eigenvalue weighted by Gasteiger charge is 2.03. The van der Waals surface area contributed by atoms with E-state index in [0.29, 0.717) is 18.8 Å². The third kappa shape index (κ3) is 6.33. The zero-order valence-corrected chi connectivity index (χ0v) is 11.2. The molecule has 0 heterocycles. The van der Waals surface area contributed by atoms with Crippen LogP contribution >= 0.6 is 0 Å². The average molecular weight is 267 g/mol. The van der Waals surface area contributed by atoms with E-state index in [2.05, 4.69) is 10.1 Å². The maximum Gasteiger partial charge on any atom is 0.337 e. The standard InChI is InChI=1S/C14H21NO4/c1-18-14(17)13-5-3-12(4-6-13)11-15-7-2-9-19-10-8-16/h3-6,15-16H,2,7-11H2,1H3. The summed E-state index contributed by atoms with van der Waals surface area (Å²) in [5.74, 6) is -0.319. The van der Waals surface area contributed by atoms with Crippen molar-refractivity contribution in [3.63, 3.8) is 0 Å². The molecule has 0 bridgehead atoms. The maximum atomic E-state index is 11.2. The minimum absolute atomic E-state index is 0.0694. The van der Waals surface area contributed by atoms with Crippen molar-refractivity contribution in [1.82, 2.24) is 5.32 Å². The Kier molecular flexibility index (Phi) is 7.81. The molecule has 0 atom stereocenters. The fraction of sp³-hybridized carbons (Fsp3) is 0.500. The number of aliphatic hydroxyl groups is 1. The van der Waals surface area contributed by atoms with Crippen LogP contribution in [0.5, 0.6) is 0 Å². The Balaban J connectivity index is 2.18. The fourth-order valence-corrected chi connectivity index (χ4v) is 1.58. The number of hydrogen-bond donors (Lipinski definition) is 2. The zero-order chi connectivity index (χ0) is 13.9. The largest absolute Gasteiger partial charge is 0.465 e. The van der Waals surface area contributed by atoms with Crippen molar-refractivity contribution < 1.29 is 19.4 Å². The normalized spacial score (nSPS) is 10.4. The van der Waals surface area contributed by atoms with Crippen LogP contribution < -0.4 is 5.32 Å². The lowest BCUT2D eigenvalue weighted by molar-refractivity contribution is 0.0600. The van der Waals surface area contributed by atoms with Gasteiger partial charge in [-0.1, -0.05) is 12.1 Å². The van der Waals surface area contributed by atoms with E-state index in [9.17, 15) is 4.79 Å². The molecule has 0 aliphatic rings. The number of benzene rings is 1. The number of hydrogen-bond acceptors (Lipinski definition) is 5. The van der Waals surface area contributed by atoms with E-state index in [-0.39, 0.29) is 12.6 Å². The van der Waals surface area contributed by atoms with Gasteiger partial charge in [0.2, 0.25) is 0 Å². The van der Waals surface area contributed by atoms with Crippen molar-refractivity contribution in [3.05, 3.63) is 35.4 Å². The molecule has 0 saturated heterocycles. The number of methoxy groups -OCH3 is 1. The van der Waals surface area contributed by atoms with Crippen molar-refractivity contribution in [2.45, 2.75) is 13.0 Å². The molecule has 0 spiro atoms. The summed E-state index contributed by atoms with van der Waals surface area (Å²) in [7, 11) is 1.37. The summed E-state index contributed by atoms with van der Waals surface area (Å²) in [6, 6.07) is 7.32. The Morgan fingerprint density at radius 2 is 2.00 bits per heavy atom. The minimum atomic E-state index is -0.319. The Labute approximate surface area is 113 Å². The second-order valence-corrected chi connectivity index (χ2v) is 4.05.